The number of nitrogens with one attached hydrogen (secondary N) is 1. The molecule has 0 bridgehead atoms. The minimum absolute atomic E-state index is 0.131. The van der Waals surface area contributed by atoms with Crippen molar-refractivity contribution in [2.24, 2.45) is 0 Å². The summed E-state index contributed by atoms with van der Waals surface area (Å²) < 4.78 is 1.79. The van der Waals surface area contributed by atoms with Gasteiger partial charge in [-0.25, -0.2) is 0 Å². The smallest absolute Gasteiger partial charge is 0.254 e. The summed E-state index contributed by atoms with van der Waals surface area (Å²) in [4.78, 5) is 12.3. The first-order valence-corrected chi connectivity index (χ1v) is 7.53. The zero-order chi connectivity index (χ0) is 14.8. The van der Waals surface area contributed by atoms with Crippen LogP contribution in [0.25, 0.3) is 0 Å². The number of hydrogen-bond acceptors (Lipinski definition) is 3. The molecule has 1 amide bonds. The number of hydrogen-bond donors (Lipinski definition) is 2. The van der Waals surface area contributed by atoms with Crippen molar-refractivity contribution < 1.29 is 9.90 Å². The summed E-state index contributed by atoms with van der Waals surface area (Å²) in [6, 6.07) is 0. The van der Waals surface area contributed by atoms with Crippen molar-refractivity contribution in [2.75, 3.05) is 6.54 Å². The summed E-state index contributed by atoms with van der Waals surface area (Å²) >= 11 is 0. The first kappa shape index (κ1) is 15.0. The Hall–Kier alpha value is -1.36. The average Bonchev–Trinajstić information content (AvgIpc) is 3.02. The number of nitrogens with zero attached hydrogens (tertiary/aromatic N) is 2. The van der Waals surface area contributed by atoms with E-state index < -0.39 is 5.60 Å². The van der Waals surface area contributed by atoms with E-state index in [9.17, 15) is 9.90 Å². The van der Waals surface area contributed by atoms with Crippen LogP contribution in [-0.2, 0) is 6.54 Å². The molecule has 5 nitrogen and oxygen atoms in total. The fourth-order valence-electron chi connectivity index (χ4n) is 2.75. The number of aliphatic hydroxyl groups is 1. The third-order valence-corrected chi connectivity index (χ3v) is 4.02. The van der Waals surface area contributed by atoms with E-state index in [0.717, 1.165) is 37.9 Å². The lowest BCUT2D eigenvalue weighted by molar-refractivity contribution is 0.0449. The molecule has 1 aliphatic carbocycles. The SMILES string of the molecule is CCn1cc(C(=O)NCC2(O)CCCC2)c(C(C)C)n1. The topological polar surface area (TPSA) is 67.2 Å². The van der Waals surface area contributed by atoms with Crippen LogP contribution in [-0.4, -0.2) is 32.9 Å². The molecule has 0 spiro atoms. The Morgan fingerprint density at radius 3 is 2.70 bits per heavy atom. The number of aryl methyl sites for hydroxylation is 1. The highest BCUT2D eigenvalue weighted by molar-refractivity contribution is 5.95. The van der Waals surface area contributed by atoms with Crippen LogP contribution in [0.15, 0.2) is 6.20 Å². The summed E-state index contributed by atoms with van der Waals surface area (Å²) in [5.41, 5.74) is 0.736. The first-order chi connectivity index (χ1) is 9.45. The van der Waals surface area contributed by atoms with Crippen LogP contribution in [0.1, 0.15) is 68.4 Å². The second-order valence-corrected chi connectivity index (χ2v) is 6.05. The molecule has 1 saturated carbocycles. The molecular formula is C15H25N3O2. The third-order valence-electron chi connectivity index (χ3n) is 4.02. The third kappa shape index (κ3) is 3.20. The van der Waals surface area contributed by atoms with Gasteiger partial charge in [0.15, 0.2) is 0 Å². The summed E-state index contributed by atoms with van der Waals surface area (Å²) in [5.74, 6) is 0.0758. The predicted octanol–water partition coefficient (Wildman–Crippen LogP) is 2.06. The molecule has 1 aromatic heterocycles. The monoisotopic (exact) mass is 279 g/mol. The van der Waals surface area contributed by atoms with E-state index in [1.54, 1.807) is 10.9 Å². The number of carbonyl (C=O) groups is 1. The molecule has 1 heterocycles. The zero-order valence-electron chi connectivity index (χ0n) is 12.6. The number of aromatic nitrogens is 2. The molecule has 1 fully saturated rings. The van der Waals surface area contributed by atoms with Crippen molar-refractivity contribution in [1.29, 1.82) is 0 Å². The summed E-state index contributed by atoms with van der Waals surface area (Å²) in [5, 5.41) is 17.6. The van der Waals surface area contributed by atoms with Gasteiger partial charge in [0.1, 0.15) is 0 Å². The molecule has 20 heavy (non-hydrogen) atoms. The van der Waals surface area contributed by atoms with Crippen LogP contribution in [0.3, 0.4) is 0 Å². The summed E-state index contributed by atoms with van der Waals surface area (Å²) in [6.45, 7) is 7.14. The standard InChI is InChI=1S/C15H25N3O2/c1-4-18-9-12(13(17-18)11(2)3)14(19)16-10-15(20)7-5-6-8-15/h9,11,20H,4-8,10H2,1-3H3,(H,16,19). The fourth-order valence-corrected chi connectivity index (χ4v) is 2.75. The molecule has 0 unspecified atom stereocenters. The normalized spacial score (nSPS) is 17.6. The molecule has 0 aliphatic heterocycles. The fraction of sp³-hybridized carbons (Fsp3) is 0.733. The van der Waals surface area contributed by atoms with E-state index in [4.69, 9.17) is 0 Å². The average molecular weight is 279 g/mol. The van der Waals surface area contributed by atoms with Crippen LogP contribution < -0.4 is 5.32 Å². The van der Waals surface area contributed by atoms with E-state index in [1.807, 2.05) is 20.8 Å². The Labute approximate surface area is 120 Å². The Bertz CT molecular complexity index is 473. The lowest BCUT2D eigenvalue weighted by Gasteiger charge is -2.22. The van der Waals surface area contributed by atoms with Gasteiger partial charge in [-0.2, -0.15) is 5.10 Å². The minimum atomic E-state index is -0.714. The largest absolute Gasteiger partial charge is 0.388 e. The van der Waals surface area contributed by atoms with Gasteiger partial charge in [0, 0.05) is 19.3 Å². The van der Waals surface area contributed by atoms with Gasteiger partial charge < -0.3 is 10.4 Å². The Kier molecular flexibility index (Phi) is 4.48. The van der Waals surface area contributed by atoms with Gasteiger partial charge in [-0.05, 0) is 25.7 Å². The molecule has 2 N–H and O–H groups in total. The lowest BCUT2D eigenvalue weighted by atomic mass is 10.0. The molecule has 2 rings (SSSR count). The van der Waals surface area contributed by atoms with Gasteiger partial charge in [0.25, 0.3) is 5.91 Å². The van der Waals surface area contributed by atoms with E-state index in [2.05, 4.69) is 10.4 Å². The maximum atomic E-state index is 12.3. The molecule has 0 saturated heterocycles. The maximum absolute atomic E-state index is 12.3. The van der Waals surface area contributed by atoms with Crippen LogP contribution in [0.5, 0.6) is 0 Å². The molecule has 1 aliphatic rings. The van der Waals surface area contributed by atoms with Crippen molar-refractivity contribution in [3.8, 4) is 0 Å². The van der Waals surface area contributed by atoms with E-state index in [-0.39, 0.29) is 11.8 Å². The van der Waals surface area contributed by atoms with Gasteiger partial charge in [-0.15, -0.1) is 0 Å². The highest BCUT2D eigenvalue weighted by Crippen LogP contribution is 2.28. The number of amides is 1. The second kappa shape index (κ2) is 5.95. The molecule has 0 radical (unpaired) electrons. The summed E-state index contributed by atoms with van der Waals surface area (Å²) in [6.07, 6.45) is 5.43. The highest BCUT2D eigenvalue weighted by Gasteiger charge is 2.31. The Morgan fingerprint density at radius 2 is 2.15 bits per heavy atom. The molecular weight excluding hydrogens is 254 g/mol. The minimum Gasteiger partial charge on any atom is -0.388 e. The van der Waals surface area contributed by atoms with E-state index in [1.165, 1.54) is 0 Å². The van der Waals surface area contributed by atoms with Gasteiger partial charge in [0.05, 0.1) is 16.9 Å². The molecule has 112 valence electrons. The van der Waals surface area contributed by atoms with Crippen molar-refractivity contribution >= 4 is 5.91 Å². The van der Waals surface area contributed by atoms with Crippen molar-refractivity contribution in [3.05, 3.63) is 17.5 Å². The van der Waals surface area contributed by atoms with Crippen molar-refractivity contribution in [2.45, 2.75) is 64.5 Å². The maximum Gasteiger partial charge on any atom is 0.254 e. The molecule has 5 heteroatoms. The number of carbonyl (C=O) groups excluding carboxylic acids is 1. The molecule has 0 atom stereocenters. The molecule has 0 aromatic carbocycles. The Morgan fingerprint density at radius 1 is 1.50 bits per heavy atom. The van der Waals surface area contributed by atoms with Crippen molar-refractivity contribution in [3.63, 3.8) is 0 Å². The molecule has 1 aromatic rings. The van der Waals surface area contributed by atoms with E-state index in [0.29, 0.717) is 12.1 Å². The van der Waals surface area contributed by atoms with Gasteiger partial charge in [0.2, 0.25) is 0 Å². The van der Waals surface area contributed by atoms with Crippen LogP contribution >= 0.6 is 0 Å². The van der Waals surface area contributed by atoms with Gasteiger partial charge in [-0.3, -0.25) is 9.48 Å². The summed E-state index contributed by atoms with van der Waals surface area (Å²) in [7, 11) is 0. The number of rotatable bonds is 5. The quantitative estimate of drug-likeness (QED) is 0.867. The van der Waals surface area contributed by atoms with Gasteiger partial charge >= 0.3 is 0 Å². The predicted molar refractivity (Wildman–Crippen MR) is 77.7 cm³/mol. The van der Waals surface area contributed by atoms with E-state index >= 15 is 0 Å². The van der Waals surface area contributed by atoms with Crippen LogP contribution in [0.4, 0.5) is 0 Å². The van der Waals surface area contributed by atoms with Crippen LogP contribution in [0, 0.1) is 0 Å². The van der Waals surface area contributed by atoms with Crippen LogP contribution in [0.2, 0.25) is 0 Å². The first-order valence-electron chi connectivity index (χ1n) is 7.53. The second-order valence-electron chi connectivity index (χ2n) is 6.05. The lowest BCUT2D eigenvalue weighted by Crippen LogP contribution is -2.40. The Balaban J connectivity index is 2.06. The van der Waals surface area contributed by atoms with Crippen molar-refractivity contribution in [1.82, 2.24) is 15.1 Å². The zero-order valence-corrected chi connectivity index (χ0v) is 12.6. The highest BCUT2D eigenvalue weighted by atomic mass is 16.3. The van der Waals surface area contributed by atoms with Gasteiger partial charge in [-0.1, -0.05) is 26.7 Å².